The average molecular weight is 442 g/mol. The Morgan fingerprint density at radius 2 is 1.68 bits per heavy atom. The molecule has 0 atom stereocenters. The molecule has 1 fully saturated rings. The van der Waals surface area contributed by atoms with E-state index in [1.54, 1.807) is 30.0 Å². The number of carbonyl (C=O) groups is 3. The zero-order valence-corrected chi connectivity index (χ0v) is 18.1. The van der Waals surface area contributed by atoms with E-state index in [0.29, 0.717) is 5.75 Å². The Hall–Kier alpha value is -3.04. The molecule has 0 unspecified atom stereocenters. The monoisotopic (exact) mass is 442 g/mol. The highest BCUT2D eigenvalue weighted by Crippen LogP contribution is 2.33. The third-order valence-corrected chi connectivity index (χ3v) is 7.64. The first kappa shape index (κ1) is 21.2. The zero-order chi connectivity index (χ0) is 22.3. The fraction of sp³-hybridized carbons (Fsp3) is 0.318. The van der Waals surface area contributed by atoms with E-state index < -0.39 is 10.0 Å². The minimum Gasteiger partial charge on any atom is -0.496 e. The molecule has 0 radical (unpaired) electrons. The number of ketones is 2. The van der Waals surface area contributed by atoms with E-state index >= 15 is 0 Å². The minimum absolute atomic E-state index is 0.0220. The Balaban J connectivity index is 1.60. The quantitative estimate of drug-likeness (QED) is 0.608. The molecule has 2 aliphatic rings. The maximum Gasteiger partial charge on any atom is 0.253 e. The largest absolute Gasteiger partial charge is 0.496 e. The van der Waals surface area contributed by atoms with E-state index in [0.717, 1.165) is 0 Å². The lowest BCUT2D eigenvalue weighted by Gasteiger charge is -2.34. The van der Waals surface area contributed by atoms with Crippen LogP contribution in [-0.4, -0.2) is 74.1 Å². The van der Waals surface area contributed by atoms with Crippen molar-refractivity contribution in [2.45, 2.75) is 6.92 Å². The van der Waals surface area contributed by atoms with E-state index in [-0.39, 0.29) is 77.2 Å². The Morgan fingerprint density at radius 1 is 0.968 bits per heavy atom. The molecule has 1 saturated heterocycles. The van der Waals surface area contributed by atoms with Crippen LogP contribution in [0.3, 0.4) is 0 Å². The van der Waals surface area contributed by atoms with Crippen LogP contribution < -0.4 is 4.74 Å². The first-order valence-electron chi connectivity index (χ1n) is 9.96. The summed E-state index contributed by atoms with van der Waals surface area (Å²) >= 11 is 0. The number of rotatable bonds is 4. The first-order valence-corrected chi connectivity index (χ1v) is 11.6. The summed E-state index contributed by atoms with van der Waals surface area (Å²) in [6, 6.07) is 9.33. The van der Waals surface area contributed by atoms with Crippen LogP contribution in [0.15, 0.2) is 36.4 Å². The van der Waals surface area contributed by atoms with E-state index in [4.69, 9.17) is 4.74 Å². The Morgan fingerprint density at radius 3 is 2.32 bits per heavy atom. The molecule has 1 heterocycles. The maximum absolute atomic E-state index is 13.1. The Labute approximate surface area is 180 Å². The smallest absolute Gasteiger partial charge is 0.253 e. The number of carbonyl (C=O) groups excluding carboxylic acids is 3. The van der Waals surface area contributed by atoms with Crippen molar-refractivity contribution in [3.63, 3.8) is 0 Å². The molecular weight excluding hydrogens is 420 g/mol. The average Bonchev–Trinajstić information content (AvgIpc) is 2.81. The molecule has 4 rings (SSSR count). The van der Waals surface area contributed by atoms with Gasteiger partial charge in [-0.25, -0.2) is 8.42 Å². The molecule has 162 valence electrons. The van der Waals surface area contributed by atoms with Gasteiger partial charge in [-0.2, -0.15) is 4.31 Å². The second-order valence-electron chi connectivity index (χ2n) is 7.39. The normalized spacial score (nSPS) is 16.6. The van der Waals surface area contributed by atoms with Crippen molar-refractivity contribution in [3.8, 4) is 5.75 Å². The summed E-state index contributed by atoms with van der Waals surface area (Å²) in [5.41, 5.74) is 1.19. The summed E-state index contributed by atoms with van der Waals surface area (Å²) in [4.78, 5) is 40.6. The maximum atomic E-state index is 13.1. The highest BCUT2D eigenvalue weighted by molar-refractivity contribution is 7.89. The van der Waals surface area contributed by atoms with Gasteiger partial charge in [-0.05, 0) is 31.2 Å². The predicted octanol–water partition coefficient (Wildman–Crippen LogP) is 1.58. The zero-order valence-electron chi connectivity index (χ0n) is 17.3. The van der Waals surface area contributed by atoms with Gasteiger partial charge in [-0.15, -0.1) is 0 Å². The van der Waals surface area contributed by atoms with E-state index in [1.165, 1.54) is 29.6 Å². The molecule has 9 heteroatoms. The van der Waals surface area contributed by atoms with Crippen LogP contribution in [0.25, 0.3) is 0 Å². The van der Waals surface area contributed by atoms with Crippen molar-refractivity contribution in [2.75, 3.05) is 39.0 Å². The summed E-state index contributed by atoms with van der Waals surface area (Å²) in [5, 5.41) is 0. The summed E-state index contributed by atoms with van der Waals surface area (Å²) in [6.07, 6.45) is 0. The topological polar surface area (TPSA) is 101 Å². The summed E-state index contributed by atoms with van der Waals surface area (Å²) < 4.78 is 30.7. The number of methoxy groups -OCH3 is 1. The number of piperazine rings is 1. The van der Waals surface area contributed by atoms with Gasteiger partial charge in [-0.1, -0.05) is 12.1 Å². The van der Waals surface area contributed by atoms with Gasteiger partial charge in [0, 0.05) is 48.4 Å². The molecule has 0 N–H and O–H groups in total. The van der Waals surface area contributed by atoms with Gasteiger partial charge in [0.25, 0.3) is 5.91 Å². The highest BCUT2D eigenvalue weighted by Gasteiger charge is 2.34. The molecule has 1 amide bonds. The number of hydrogen-bond donors (Lipinski definition) is 0. The molecule has 2 aromatic carbocycles. The van der Waals surface area contributed by atoms with Crippen LogP contribution in [0.5, 0.6) is 5.75 Å². The van der Waals surface area contributed by atoms with Crippen LogP contribution in [0.2, 0.25) is 0 Å². The number of fused-ring (bicyclic) bond motifs is 2. The lowest BCUT2D eigenvalue weighted by molar-refractivity contribution is 0.0697. The van der Waals surface area contributed by atoms with Gasteiger partial charge in [-0.3, -0.25) is 14.4 Å². The molecule has 0 saturated carbocycles. The predicted molar refractivity (Wildman–Crippen MR) is 113 cm³/mol. The van der Waals surface area contributed by atoms with Gasteiger partial charge in [0.05, 0.1) is 18.4 Å². The second-order valence-corrected chi connectivity index (χ2v) is 9.65. The fourth-order valence-corrected chi connectivity index (χ4v) is 5.09. The Kier molecular flexibility index (Phi) is 5.40. The van der Waals surface area contributed by atoms with Crippen molar-refractivity contribution in [1.82, 2.24) is 9.21 Å². The molecular formula is C22H22N2O6S. The molecule has 1 aliphatic carbocycles. The van der Waals surface area contributed by atoms with Crippen molar-refractivity contribution in [2.24, 2.45) is 0 Å². The minimum atomic E-state index is -3.29. The third kappa shape index (κ3) is 3.53. The lowest BCUT2D eigenvalue weighted by atomic mass is 9.82. The summed E-state index contributed by atoms with van der Waals surface area (Å²) in [5.74, 6) is -0.597. The standard InChI is InChI=1S/C22H22N2O6S/c1-3-31(28,29)24-11-9-23(10-12-24)22(27)14-7-8-15-17(13-14)20(25)16-5-4-6-18(30-2)19(16)21(15)26/h4-8,13H,3,9-12H2,1-2H3. The number of amides is 1. The van der Waals surface area contributed by atoms with Gasteiger partial charge in [0.1, 0.15) is 5.75 Å². The first-order chi connectivity index (χ1) is 14.8. The molecule has 0 bridgehead atoms. The van der Waals surface area contributed by atoms with Crippen molar-refractivity contribution in [3.05, 3.63) is 64.2 Å². The third-order valence-electron chi connectivity index (χ3n) is 5.76. The van der Waals surface area contributed by atoms with E-state index in [2.05, 4.69) is 0 Å². The highest BCUT2D eigenvalue weighted by atomic mass is 32.2. The van der Waals surface area contributed by atoms with Crippen LogP contribution in [0.1, 0.15) is 49.1 Å². The molecule has 2 aromatic rings. The fourth-order valence-electron chi connectivity index (χ4n) is 4.00. The number of hydrogen-bond acceptors (Lipinski definition) is 6. The number of nitrogens with zero attached hydrogens (tertiary/aromatic N) is 2. The number of sulfonamides is 1. The van der Waals surface area contributed by atoms with Gasteiger partial charge in [0.15, 0.2) is 11.6 Å². The van der Waals surface area contributed by atoms with E-state index in [9.17, 15) is 22.8 Å². The molecule has 31 heavy (non-hydrogen) atoms. The number of ether oxygens (including phenoxy) is 1. The lowest BCUT2D eigenvalue weighted by Crippen LogP contribution is -2.50. The van der Waals surface area contributed by atoms with Gasteiger partial charge in [0.2, 0.25) is 10.0 Å². The van der Waals surface area contributed by atoms with Crippen LogP contribution in [0, 0.1) is 0 Å². The van der Waals surface area contributed by atoms with Crippen molar-refractivity contribution >= 4 is 27.5 Å². The molecule has 0 aromatic heterocycles. The molecule has 1 aliphatic heterocycles. The van der Waals surface area contributed by atoms with Crippen molar-refractivity contribution < 1.29 is 27.5 Å². The summed E-state index contributed by atoms with van der Waals surface area (Å²) in [6.45, 7) is 2.59. The van der Waals surface area contributed by atoms with Crippen molar-refractivity contribution in [1.29, 1.82) is 0 Å². The molecule has 0 spiro atoms. The second kappa shape index (κ2) is 7.90. The number of benzene rings is 2. The van der Waals surface area contributed by atoms with Crippen LogP contribution in [0.4, 0.5) is 0 Å². The van der Waals surface area contributed by atoms with Crippen LogP contribution >= 0.6 is 0 Å². The SMILES string of the molecule is CCS(=O)(=O)N1CCN(C(=O)c2ccc3c(c2)C(=O)c2cccc(OC)c2C3=O)CC1. The summed E-state index contributed by atoms with van der Waals surface area (Å²) in [7, 11) is -1.85. The molecule has 8 nitrogen and oxygen atoms in total. The Bertz CT molecular complexity index is 1200. The van der Waals surface area contributed by atoms with E-state index in [1.807, 2.05) is 0 Å². The van der Waals surface area contributed by atoms with Gasteiger partial charge < -0.3 is 9.64 Å². The van der Waals surface area contributed by atoms with Crippen LogP contribution in [-0.2, 0) is 10.0 Å². The van der Waals surface area contributed by atoms with Gasteiger partial charge >= 0.3 is 0 Å².